The highest BCUT2D eigenvalue weighted by Gasteiger charge is 2.31. The van der Waals surface area contributed by atoms with E-state index in [0.717, 1.165) is 12.1 Å². The second-order valence-corrected chi connectivity index (χ2v) is 8.54. The van der Waals surface area contributed by atoms with Crippen LogP contribution >= 0.6 is 11.6 Å². The Morgan fingerprint density at radius 3 is 2.57 bits per heavy atom. The van der Waals surface area contributed by atoms with Crippen molar-refractivity contribution in [1.29, 1.82) is 0 Å². The molecule has 3 N–H and O–H groups in total. The minimum absolute atomic E-state index is 0.0791. The molecule has 8 nitrogen and oxygen atoms in total. The summed E-state index contributed by atoms with van der Waals surface area (Å²) in [6, 6.07) is 8.12. The van der Waals surface area contributed by atoms with Gasteiger partial charge in [0.25, 0.3) is 5.91 Å². The van der Waals surface area contributed by atoms with E-state index in [0.29, 0.717) is 29.5 Å². The number of nitrogens with two attached hydrogens (primary N) is 1. The molecule has 1 aliphatic heterocycles. The first kappa shape index (κ1) is 24.6. The van der Waals surface area contributed by atoms with Gasteiger partial charge in [0.05, 0.1) is 29.4 Å². The number of hydrogen-bond donors (Lipinski definition) is 2. The number of ether oxygens (including phenoxy) is 1. The predicted octanol–water partition coefficient (Wildman–Crippen LogP) is 4.13. The Morgan fingerprint density at radius 2 is 1.91 bits per heavy atom. The third-order valence-corrected chi connectivity index (χ3v) is 6.00. The summed E-state index contributed by atoms with van der Waals surface area (Å²) in [6.45, 7) is 2.81. The zero-order valence-electron chi connectivity index (χ0n) is 18.8. The molecule has 0 aliphatic carbocycles. The van der Waals surface area contributed by atoms with Crippen molar-refractivity contribution in [3.05, 3.63) is 58.6 Å². The van der Waals surface area contributed by atoms with Gasteiger partial charge in [0, 0.05) is 29.6 Å². The van der Waals surface area contributed by atoms with E-state index < -0.39 is 29.6 Å². The van der Waals surface area contributed by atoms with Gasteiger partial charge in [-0.2, -0.15) is 0 Å². The molecule has 3 aromatic rings. The molecular weight excluding hydrogens is 482 g/mol. The van der Waals surface area contributed by atoms with Crippen LogP contribution < -0.4 is 5.73 Å². The van der Waals surface area contributed by atoms with Gasteiger partial charge in [0.2, 0.25) is 0 Å². The number of hydrogen-bond acceptors (Lipinski definition) is 6. The van der Waals surface area contributed by atoms with Gasteiger partial charge in [-0.05, 0) is 36.8 Å². The molecule has 2 heterocycles. The number of amides is 2. The minimum Gasteiger partial charge on any atom is -0.503 e. The molecule has 0 radical (unpaired) electrons. The van der Waals surface area contributed by atoms with Crippen LogP contribution in [0.15, 0.2) is 36.4 Å². The van der Waals surface area contributed by atoms with E-state index in [-0.39, 0.29) is 41.8 Å². The number of aromatic nitrogens is 1. The Labute approximate surface area is 204 Å². The van der Waals surface area contributed by atoms with Gasteiger partial charge in [-0.3, -0.25) is 9.69 Å². The Hall–Kier alpha value is -3.50. The lowest BCUT2D eigenvalue weighted by Crippen LogP contribution is -2.60. The number of rotatable bonds is 4. The summed E-state index contributed by atoms with van der Waals surface area (Å²) < 4.78 is 32.8. The van der Waals surface area contributed by atoms with Gasteiger partial charge in [0.15, 0.2) is 17.4 Å². The van der Waals surface area contributed by atoms with Crippen LogP contribution in [-0.2, 0) is 4.74 Å². The highest BCUT2D eigenvalue weighted by atomic mass is 35.5. The first-order valence-corrected chi connectivity index (χ1v) is 11.3. The number of carbonyl (C=O) groups is 2. The molecule has 1 aliphatic rings. The monoisotopic (exact) mass is 504 g/mol. The van der Waals surface area contributed by atoms with Gasteiger partial charge in [-0.25, -0.2) is 18.6 Å². The van der Waals surface area contributed by atoms with E-state index >= 15 is 0 Å². The summed E-state index contributed by atoms with van der Waals surface area (Å²) in [5.41, 5.74) is 7.02. The van der Waals surface area contributed by atoms with E-state index in [1.165, 1.54) is 21.9 Å². The van der Waals surface area contributed by atoms with E-state index in [1.807, 2.05) is 6.92 Å². The largest absolute Gasteiger partial charge is 0.503 e. The average Bonchev–Trinajstić information content (AvgIpc) is 2.84. The molecule has 1 atom stereocenters. The lowest BCUT2D eigenvalue weighted by Gasteiger charge is -2.38. The molecule has 11 heteroatoms. The van der Waals surface area contributed by atoms with Gasteiger partial charge >= 0.3 is 6.09 Å². The van der Waals surface area contributed by atoms with Crippen LogP contribution in [0.5, 0.6) is 5.75 Å². The fraction of sp³-hybridized carbons (Fsp3) is 0.292. The predicted molar refractivity (Wildman–Crippen MR) is 126 cm³/mol. The summed E-state index contributed by atoms with van der Waals surface area (Å²) >= 11 is 6.37. The maximum Gasteiger partial charge on any atom is 0.411 e. The molecule has 4 rings (SSSR count). The molecule has 1 saturated heterocycles. The number of benzene rings is 2. The molecule has 35 heavy (non-hydrogen) atoms. The number of nitrogens with zero attached hydrogens (tertiary/aromatic N) is 3. The fourth-order valence-corrected chi connectivity index (χ4v) is 4.12. The molecule has 1 aromatic heterocycles. The molecule has 0 bridgehead atoms. The molecule has 184 valence electrons. The Bertz CT molecular complexity index is 1280. The van der Waals surface area contributed by atoms with Crippen LogP contribution in [0.3, 0.4) is 0 Å². The van der Waals surface area contributed by atoms with Crippen LogP contribution in [0.1, 0.15) is 23.7 Å². The average molecular weight is 505 g/mol. The molecule has 2 aromatic carbocycles. The molecule has 0 saturated carbocycles. The zero-order valence-corrected chi connectivity index (χ0v) is 19.6. The van der Waals surface area contributed by atoms with Gasteiger partial charge in [-0.1, -0.05) is 24.6 Å². The number of phenolic OH excluding ortho intramolecular Hbond substituents is 1. The van der Waals surface area contributed by atoms with Gasteiger partial charge in [0.1, 0.15) is 6.17 Å². The van der Waals surface area contributed by atoms with Crippen LogP contribution in [0.25, 0.3) is 22.2 Å². The smallest absolute Gasteiger partial charge is 0.411 e. The number of piperazine rings is 1. The van der Waals surface area contributed by atoms with Crippen molar-refractivity contribution in [1.82, 2.24) is 14.8 Å². The molecule has 0 spiro atoms. The Balaban J connectivity index is 1.59. The highest BCUT2D eigenvalue weighted by molar-refractivity contribution is 6.35. The van der Waals surface area contributed by atoms with E-state index in [1.54, 1.807) is 12.1 Å². The van der Waals surface area contributed by atoms with Gasteiger partial charge < -0.3 is 20.5 Å². The standard InChI is InChI=1S/C24H23ClF2N4O4/c1-2-7-35-24(34)31-6-5-30(12-21(31)28)23(33)13-3-4-15-16(25)11-19(29-20(15)10-13)14-8-17(26)22(32)18(27)9-14/h3-4,8-11,21,32H,2,5-7,12,28H2,1H3/t21-/m0/s1. The lowest BCUT2D eigenvalue weighted by atomic mass is 10.1. The number of fused-ring (bicyclic) bond motifs is 1. The van der Waals surface area contributed by atoms with Crippen molar-refractivity contribution in [2.75, 3.05) is 26.2 Å². The van der Waals surface area contributed by atoms with E-state index in [4.69, 9.17) is 22.1 Å². The van der Waals surface area contributed by atoms with Crippen molar-refractivity contribution in [2.45, 2.75) is 19.5 Å². The maximum absolute atomic E-state index is 13.8. The Morgan fingerprint density at radius 1 is 1.20 bits per heavy atom. The van der Waals surface area contributed by atoms with Crippen molar-refractivity contribution >= 4 is 34.5 Å². The third kappa shape index (κ3) is 4.98. The molecule has 0 unspecified atom stereocenters. The summed E-state index contributed by atoms with van der Waals surface area (Å²) in [5.74, 6) is -3.65. The van der Waals surface area contributed by atoms with Crippen molar-refractivity contribution < 1.29 is 28.2 Å². The summed E-state index contributed by atoms with van der Waals surface area (Å²) in [6.07, 6.45) is -0.528. The topological polar surface area (TPSA) is 109 Å². The normalized spacial score (nSPS) is 16.0. The number of aromatic hydroxyl groups is 1. The minimum atomic E-state index is -1.13. The summed E-state index contributed by atoms with van der Waals surface area (Å²) in [7, 11) is 0. The highest BCUT2D eigenvalue weighted by Crippen LogP contribution is 2.32. The molecule has 1 fully saturated rings. The van der Waals surface area contributed by atoms with Crippen molar-refractivity contribution in [3.63, 3.8) is 0 Å². The first-order valence-electron chi connectivity index (χ1n) is 11.0. The van der Waals surface area contributed by atoms with E-state index in [2.05, 4.69) is 4.98 Å². The second kappa shape index (κ2) is 10.0. The fourth-order valence-electron chi connectivity index (χ4n) is 3.86. The second-order valence-electron chi connectivity index (χ2n) is 8.14. The number of pyridine rings is 1. The zero-order chi connectivity index (χ0) is 25.3. The van der Waals surface area contributed by atoms with Crippen LogP contribution in [0.2, 0.25) is 5.02 Å². The first-order chi connectivity index (χ1) is 16.7. The summed E-state index contributed by atoms with van der Waals surface area (Å²) in [4.78, 5) is 32.6. The van der Waals surface area contributed by atoms with Crippen molar-refractivity contribution in [3.8, 4) is 17.0 Å². The Kier molecular flexibility index (Phi) is 7.04. The van der Waals surface area contributed by atoms with Crippen LogP contribution in [0, 0.1) is 11.6 Å². The number of phenols is 1. The number of carbonyl (C=O) groups excluding carboxylic acids is 2. The van der Waals surface area contributed by atoms with Crippen LogP contribution in [0.4, 0.5) is 13.6 Å². The van der Waals surface area contributed by atoms with Crippen molar-refractivity contribution in [2.24, 2.45) is 5.73 Å². The van der Waals surface area contributed by atoms with E-state index in [9.17, 15) is 23.5 Å². The SMILES string of the molecule is CCCOC(=O)N1CCN(C(=O)c2ccc3c(Cl)cc(-c4cc(F)c(O)c(F)c4)nc3c2)C[C@H]1N. The van der Waals surface area contributed by atoms with Gasteiger partial charge in [-0.15, -0.1) is 0 Å². The molecule has 2 amide bonds. The quantitative estimate of drug-likeness (QED) is 0.553. The third-order valence-electron chi connectivity index (χ3n) is 5.69. The lowest BCUT2D eigenvalue weighted by molar-refractivity contribution is 0.0390. The molecular formula is C24H23ClF2N4O4. The maximum atomic E-state index is 13.8. The van der Waals surface area contributed by atoms with Crippen LogP contribution in [-0.4, -0.2) is 64.3 Å². The number of halogens is 3. The summed E-state index contributed by atoms with van der Waals surface area (Å²) in [5, 5.41) is 10.2.